The Bertz CT molecular complexity index is 708. The van der Waals surface area contributed by atoms with Gasteiger partial charge in [-0.1, -0.05) is 30.3 Å². The summed E-state index contributed by atoms with van der Waals surface area (Å²) < 4.78 is 0.981. The van der Waals surface area contributed by atoms with Gasteiger partial charge < -0.3 is 5.73 Å². The molecule has 0 saturated carbocycles. The first-order chi connectivity index (χ1) is 9.24. The first-order valence-electron chi connectivity index (χ1n) is 5.65. The number of hydrogen-bond donors (Lipinski definition) is 1. The first kappa shape index (κ1) is 12.1. The highest BCUT2D eigenvalue weighted by Gasteiger charge is 2.09. The Morgan fingerprint density at radius 1 is 1.05 bits per heavy atom. The lowest BCUT2D eigenvalue weighted by atomic mass is 10.2. The fourth-order valence-electron chi connectivity index (χ4n) is 1.70. The Morgan fingerprint density at radius 3 is 2.58 bits per heavy atom. The largest absolute Gasteiger partial charge is 0.399 e. The number of hydrogen-bond acceptors (Lipinski definition) is 4. The predicted molar refractivity (Wildman–Crippen MR) is 81.7 cm³/mol. The number of benzene rings is 2. The number of nitrogens with two attached hydrogens (primary N) is 1. The van der Waals surface area contributed by atoms with Crippen LogP contribution in [-0.4, -0.2) is 20.2 Å². The van der Waals surface area contributed by atoms with Gasteiger partial charge in [0.2, 0.25) is 5.82 Å². The van der Waals surface area contributed by atoms with E-state index >= 15 is 0 Å². The molecule has 1 heterocycles. The molecule has 0 amide bonds. The van der Waals surface area contributed by atoms with Crippen LogP contribution in [0.15, 0.2) is 48.5 Å². The molecular formula is C13H10IN5. The summed E-state index contributed by atoms with van der Waals surface area (Å²) in [5.41, 5.74) is 8.26. The van der Waals surface area contributed by atoms with Crippen molar-refractivity contribution in [3.05, 3.63) is 52.1 Å². The fourth-order valence-corrected chi connectivity index (χ4v) is 2.46. The number of nitrogen functional groups attached to an aromatic ring is 1. The summed E-state index contributed by atoms with van der Waals surface area (Å²) in [4.78, 5) is 1.52. The van der Waals surface area contributed by atoms with Gasteiger partial charge in [-0.25, -0.2) is 0 Å². The molecule has 0 radical (unpaired) electrons. The van der Waals surface area contributed by atoms with E-state index in [0.717, 1.165) is 20.5 Å². The standard InChI is InChI=1S/C13H10IN5/c14-11-8-10(15)6-7-12(11)19-17-13(16-18-19)9-4-2-1-3-5-9/h1-8H,15H2. The van der Waals surface area contributed by atoms with Gasteiger partial charge in [0.15, 0.2) is 0 Å². The second-order valence-electron chi connectivity index (χ2n) is 3.98. The van der Waals surface area contributed by atoms with Crippen molar-refractivity contribution in [1.29, 1.82) is 0 Å². The molecule has 0 atom stereocenters. The third-order valence-electron chi connectivity index (χ3n) is 2.63. The number of rotatable bonds is 2. The van der Waals surface area contributed by atoms with E-state index in [1.54, 1.807) is 0 Å². The molecule has 5 nitrogen and oxygen atoms in total. The van der Waals surface area contributed by atoms with Crippen LogP contribution < -0.4 is 5.73 Å². The van der Waals surface area contributed by atoms with Crippen molar-refractivity contribution in [3.8, 4) is 17.1 Å². The van der Waals surface area contributed by atoms with E-state index in [0.29, 0.717) is 5.82 Å². The maximum absolute atomic E-state index is 5.73. The van der Waals surface area contributed by atoms with Crippen LogP contribution >= 0.6 is 22.6 Å². The lowest BCUT2D eigenvalue weighted by molar-refractivity contribution is 0.717. The number of aromatic nitrogens is 4. The van der Waals surface area contributed by atoms with Crippen LogP contribution in [0.25, 0.3) is 17.1 Å². The minimum absolute atomic E-state index is 0.605. The fraction of sp³-hybridized carbons (Fsp3) is 0. The van der Waals surface area contributed by atoms with E-state index in [9.17, 15) is 0 Å². The highest BCUT2D eigenvalue weighted by Crippen LogP contribution is 2.20. The summed E-state index contributed by atoms with van der Waals surface area (Å²) >= 11 is 2.20. The van der Waals surface area contributed by atoms with Gasteiger partial charge >= 0.3 is 0 Å². The molecular weight excluding hydrogens is 353 g/mol. The zero-order valence-corrected chi connectivity index (χ0v) is 12.0. The van der Waals surface area contributed by atoms with Crippen molar-refractivity contribution in [3.63, 3.8) is 0 Å². The molecule has 94 valence electrons. The maximum atomic E-state index is 5.73. The highest BCUT2D eigenvalue weighted by molar-refractivity contribution is 14.1. The Labute approximate surface area is 123 Å². The number of tetrazole rings is 1. The summed E-state index contributed by atoms with van der Waals surface area (Å²) in [6.07, 6.45) is 0. The van der Waals surface area contributed by atoms with E-state index in [2.05, 4.69) is 38.0 Å². The molecule has 0 fully saturated rings. The summed E-state index contributed by atoms with van der Waals surface area (Å²) in [6, 6.07) is 15.3. The number of halogens is 1. The molecule has 0 spiro atoms. The molecule has 3 rings (SSSR count). The van der Waals surface area contributed by atoms with E-state index < -0.39 is 0 Å². The number of anilines is 1. The van der Waals surface area contributed by atoms with Crippen molar-refractivity contribution in [2.45, 2.75) is 0 Å². The average Bonchev–Trinajstić information content (AvgIpc) is 2.89. The van der Waals surface area contributed by atoms with Gasteiger partial charge in [-0.05, 0) is 46.0 Å². The van der Waals surface area contributed by atoms with Crippen LogP contribution in [-0.2, 0) is 0 Å². The molecule has 0 aliphatic rings. The van der Waals surface area contributed by atoms with Crippen LogP contribution in [0.1, 0.15) is 0 Å². The van der Waals surface area contributed by atoms with Crippen molar-refractivity contribution in [1.82, 2.24) is 20.2 Å². The zero-order chi connectivity index (χ0) is 13.2. The second kappa shape index (κ2) is 4.96. The zero-order valence-electron chi connectivity index (χ0n) is 9.86. The predicted octanol–water partition coefficient (Wildman–Crippen LogP) is 2.52. The van der Waals surface area contributed by atoms with E-state index in [4.69, 9.17) is 5.73 Å². The Morgan fingerprint density at radius 2 is 1.84 bits per heavy atom. The molecule has 0 aliphatic carbocycles. The topological polar surface area (TPSA) is 69.6 Å². The van der Waals surface area contributed by atoms with Gasteiger partial charge in [-0.15, -0.1) is 15.0 Å². The van der Waals surface area contributed by atoms with Crippen molar-refractivity contribution >= 4 is 28.3 Å². The van der Waals surface area contributed by atoms with E-state index in [-0.39, 0.29) is 0 Å². The number of nitrogens with zero attached hydrogens (tertiary/aromatic N) is 4. The Kier molecular flexibility index (Phi) is 3.16. The van der Waals surface area contributed by atoms with Gasteiger partial charge in [-0.2, -0.15) is 0 Å². The van der Waals surface area contributed by atoms with Crippen LogP contribution in [0.5, 0.6) is 0 Å². The van der Waals surface area contributed by atoms with Crippen LogP contribution in [0.4, 0.5) is 5.69 Å². The monoisotopic (exact) mass is 363 g/mol. The SMILES string of the molecule is Nc1ccc(-n2nnc(-c3ccccc3)n2)c(I)c1. The third-order valence-corrected chi connectivity index (χ3v) is 3.50. The van der Waals surface area contributed by atoms with Gasteiger partial charge in [0.05, 0.1) is 0 Å². The summed E-state index contributed by atoms with van der Waals surface area (Å²) in [5.74, 6) is 0.605. The Hall–Kier alpha value is -1.96. The minimum Gasteiger partial charge on any atom is -0.399 e. The lowest BCUT2D eigenvalue weighted by Gasteiger charge is -2.02. The van der Waals surface area contributed by atoms with E-state index in [1.807, 2.05) is 48.5 Å². The molecule has 0 bridgehead atoms. The first-order valence-corrected chi connectivity index (χ1v) is 6.73. The smallest absolute Gasteiger partial charge is 0.205 e. The molecule has 6 heteroatoms. The summed E-state index contributed by atoms with van der Waals surface area (Å²) in [5, 5.41) is 12.5. The van der Waals surface area contributed by atoms with Gasteiger partial charge in [0.25, 0.3) is 0 Å². The molecule has 2 aromatic carbocycles. The van der Waals surface area contributed by atoms with Crippen LogP contribution in [0, 0.1) is 3.57 Å². The molecule has 0 saturated heterocycles. The lowest BCUT2D eigenvalue weighted by Crippen LogP contribution is -2.02. The normalized spacial score (nSPS) is 10.6. The molecule has 19 heavy (non-hydrogen) atoms. The van der Waals surface area contributed by atoms with Crippen LogP contribution in [0.2, 0.25) is 0 Å². The molecule has 2 N–H and O–H groups in total. The van der Waals surface area contributed by atoms with Gasteiger partial charge in [-0.3, -0.25) is 0 Å². The van der Waals surface area contributed by atoms with Gasteiger partial charge in [0, 0.05) is 14.8 Å². The van der Waals surface area contributed by atoms with E-state index in [1.165, 1.54) is 4.80 Å². The van der Waals surface area contributed by atoms with Crippen molar-refractivity contribution in [2.75, 3.05) is 5.73 Å². The molecule has 3 aromatic rings. The Balaban J connectivity index is 2.02. The summed E-state index contributed by atoms with van der Waals surface area (Å²) in [7, 11) is 0. The molecule has 0 unspecified atom stereocenters. The quantitative estimate of drug-likeness (QED) is 0.561. The summed E-state index contributed by atoms with van der Waals surface area (Å²) in [6.45, 7) is 0. The maximum Gasteiger partial charge on any atom is 0.205 e. The van der Waals surface area contributed by atoms with Gasteiger partial charge in [0.1, 0.15) is 5.69 Å². The molecule has 0 aliphatic heterocycles. The second-order valence-corrected chi connectivity index (χ2v) is 5.14. The highest BCUT2D eigenvalue weighted by atomic mass is 127. The van der Waals surface area contributed by atoms with Crippen LogP contribution in [0.3, 0.4) is 0 Å². The minimum atomic E-state index is 0.605. The molecule has 1 aromatic heterocycles. The average molecular weight is 363 g/mol. The van der Waals surface area contributed by atoms with Crippen molar-refractivity contribution < 1.29 is 0 Å². The van der Waals surface area contributed by atoms with Crippen molar-refractivity contribution in [2.24, 2.45) is 0 Å². The third kappa shape index (κ3) is 2.43.